The molecule has 126 valence electrons. The van der Waals surface area contributed by atoms with Gasteiger partial charge in [-0.2, -0.15) is 10.1 Å². The molecular weight excluding hydrogens is 328 g/mol. The van der Waals surface area contributed by atoms with Crippen LogP contribution in [0.4, 0.5) is 6.01 Å². The van der Waals surface area contributed by atoms with E-state index in [4.69, 9.17) is 10.2 Å². The number of oxazole rings is 1. The van der Waals surface area contributed by atoms with Crippen molar-refractivity contribution >= 4 is 28.0 Å². The van der Waals surface area contributed by atoms with Crippen molar-refractivity contribution in [2.24, 2.45) is 7.05 Å². The number of nitrogens with two attached hydrogens (primary N) is 1. The molecule has 0 atom stereocenters. The van der Waals surface area contributed by atoms with Gasteiger partial charge in [-0.1, -0.05) is 12.1 Å². The summed E-state index contributed by atoms with van der Waals surface area (Å²) in [6, 6.07) is 12.1. The number of fused-ring (bicyclic) bond motifs is 2. The first kappa shape index (κ1) is 14.6. The average molecular weight is 342 g/mol. The van der Waals surface area contributed by atoms with E-state index in [0.717, 1.165) is 38.8 Å². The van der Waals surface area contributed by atoms with Crippen molar-refractivity contribution in [1.29, 1.82) is 0 Å². The lowest BCUT2D eigenvalue weighted by atomic mass is 10.0. The number of anilines is 1. The Labute approximate surface area is 148 Å². The van der Waals surface area contributed by atoms with Crippen LogP contribution in [-0.2, 0) is 7.05 Å². The third kappa shape index (κ3) is 2.29. The molecule has 0 spiro atoms. The summed E-state index contributed by atoms with van der Waals surface area (Å²) in [6.45, 7) is 0. The van der Waals surface area contributed by atoms with Crippen molar-refractivity contribution in [2.45, 2.75) is 0 Å². The molecule has 0 aliphatic heterocycles. The van der Waals surface area contributed by atoms with E-state index in [1.165, 1.54) is 0 Å². The first-order valence-corrected chi connectivity index (χ1v) is 8.07. The molecule has 2 aromatic carbocycles. The quantitative estimate of drug-likeness (QED) is 0.528. The van der Waals surface area contributed by atoms with Gasteiger partial charge >= 0.3 is 0 Å². The maximum Gasteiger partial charge on any atom is 0.292 e. The third-order valence-corrected chi connectivity index (χ3v) is 4.35. The van der Waals surface area contributed by atoms with Crippen LogP contribution in [0.2, 0.25) is 0 Å². The number of aromatic nitrogens is 5. The second-order valence-corrected chi connectivity index (χ2v) is 6.09. The molecule has 7 nitrogen and oxygen atoms in total. The highest BCUT2D eigenvalue weighted by Gasteiger charge is 2.11. The molecule has 0 aliphatic carbocycles. The predicted molar refractivity (Wildman–Crippen MR) is 99.2 cm³/mol. The van der Waals surface area contributed by atoms with Crippen LogP contribution in [0, 0.1) is 0 Å². The normalized spacial score (nSPS) is 11.4. The van der Waals surface area contributed by atoms with E-state index in [-0.39, 0.29) is 6.01 Å². The molecule has 0 amide bonds. The number of hydrogen-bond acceptors (Lipinski definition) is 6. The summed E-state index contributed by atoms with van der Waals surface area (Å²) >= 11 is 0. The lowest BCUT2D eigenvalue weighted by Crippen LogP contribution is -1.89. The van der Waals surface area contributed by atoms with Crippen molar-refractivity contribution < 1.29 is 4.42 Å². The van der Waals surface area contributed by atoms with E-state index < -0.39 is 0 Å². The summed E-state index contributed by atoms with van der Waals surface area (Å²) in [5.41, 5.74) is 11.8. The minimum atomic E-state index is 0.169. The van der Waals surface area contributed by atoms with E-state index in [1.54, 1.807) is 17.2 Å². The Hall–Kier alpha value is -3.74. The van der Waals surface area contributed by atoms with Gasteiger partial charge in [0.25, 0.3) is 6.01 Å². The number of rotatable bonds is 2. The maximum atomic E-state index is 5.64. The second kappa shape index (κ2) is 5.38. The predicted octanol–water partition coefficient (Wildman–Crippen LogP) is 3.42. The van der Waals surface area contributed by atoms with E-state index in [9.17, 15) is 0 Å². The highest BCUT2D eigenvalue weighted by atomic mass is 16.4. The Bertz CT molecular complexity index is 1270. The second-order valence-electron chi connectivity index (χ2n) is 6.09. The van der Waals surface area contributed by atoms with Crippen LogP contribution in [-0.4, -0.2) is 24.7 Å². The summed E-state index contributed by atoms with van der Waals surface area (Å²) in [5.74, 6) is 0. The summed E-state index contributed by atoms with van der Waals surface area (Å²) in [5, 5.41) is 5.21. The molecule has 3 heterocycles. The molecule has 0 saturated carbocycles. The summed E-state index contributed by atoms with van der Waals surface area (Å²) < 4.78 is 7.11. The Morgan fingerprint density at radius 3 is 2.65 bits per heavy atom. The maximum absolute atomic E-state index is 5.64. The summed E-state index contributed by atoms with van der Waals surface area (Å²) in [7, 11) is 1.89. The van der Waals surface area contributed by atoms with Crippen LogP contribution in [0.3, 0.4) is 0 Å². The number of benzene rings is 2. The van der Waals surface area contributed by atoms with Crippen LogP contribution in [0.25, 0.3) is 44.4 Å². The van der Waals surface area contributed by atoms with Gasteiger partial charge in [-0.15, -0.1) is 0 Å². The van der Waals surface area contributed by atoms with Crippen molar-refractivity contribution in [1.82, 2.24) is 24.7 Å². The van der Waals surface area contributed by atoms with Crippen LogP contribution < -0.4 is 5.73 Å². The molecule has 7 heteroatoms. The van der Waals surface area contributed by atoms with Crippen LogP contribution in [0.5, 0.6) is 0 Å². The van der Waals surface area contributed by atoms with E-state index >= 15 is 0 Å². The SMILES string of the molecule is Cn1cc(-c2ncnc3ccc(-c4ccc5oc(N)nc5c4)cc23)cn1. The average Bonchev–Trinajstić information content (AvgIpc) is 3.24. The molecule has 0 fully saturated rings. The monoisotopic (exact) mass is 342 g/mol. The fraction of sp³-hybridized carbons (Fsp3) is 0.0526. The molecule has 2 N–H and O–H groups in total. The van der Waals surface area contributed by atoms with Gasteiger partial charge in [-0.25, -0.2) is 9.97 Å². The van der Waals surface area contributed by atoms with E-state index in [2.05, 4.69) is 26.1 Å². The Kier molecular flexibility index (Phi) is 3.02. The fourth-order valence-electron chi connectivity index (χ4n) is 3.13. The van der Waals surface area contributed by atoms with Crippen LogP contribution in [0.15, 0.2) is 59.5 Å². The lowest BCUT2D eigenvalue weighted by molar-refractivity contribution is 0.626. The minimum absolute atomic E-state index is 0.169. The van der Waals surface area contributed by atoms with Crippen molar-refractivity contribution in [3.8, 4) is 22.4 Å². The van der Waals surface area contributed by atoms with E-state index in [1.807, 2.05) is 43.6 Å². The molecule has 5 aromatic rings. The first-order valence-electron chi connectivity index (χ1n) is 8.07. The van der Waals surface area contributed by atoms with Crippen LogP contribution in [0.1, 0.15) is 0 Å². The molecule has 0 unspecified atom stereocenters. The Morgan fingerprint density at radius 2 is 1.81 bits per heavy atom. The highest BCUT2D eigenvalue weighted by Crippen LogP contribution is 2.31. The van der Waals surface area contributed by atoms with Gasteiger partial charge in [-0.3, -0.25) is 4.68 Å². The van der Waals surface area contributed by atoms with Crippen molar-refractivity contribution in [2.75, 3.05) is 5.73 Å². The Morgan fingerprint density at radius 1 is 0.962 bits per heavy atom. The number of aryl methyl sites for hydroxylation is 1. The number of nitrogen functional groups attached to an aromatic ring is 1. The molecule has 0 saturated heterocycles. The zero-order valence-electron chi connectivity index (χ0n) is 13.9. The smallest absolute Gasteiger partial charge is 0.292 e. The molecule has 0 bridgehead atoms. The summed E-state index contributed by atoms with van der Waals surface area (Å²) in [6.07, 6.45) is 5.33. The van der Waals surface area contributed by atoms with Gasteiger partial charge in [0.15, 0.2) is 5.58 Å². The van der Waals surface area contributed by atoms with Gasteiger partial charge < -0.3 is 10.2 Å². The molecule has 0 aliphatic rings. The minimum Gasteiger partial charge on any atom is -0.424 e. The number of hydrogen-bond donors (Lipinski definition) is 1. The molecule has 5 rings (SSSR count). The first-order chi connectivity index (χ1) is 12.7. The Balaban J connectivity index is 1.70. The van der Waals surface area contributed by atoms with Crippen molar-refractivity contribution in [3.63, 3.8) is 0 Å². The van der Waals surface area contributed by atoms with Gasteiger partial charge in [0.1, 0.15) is 11.8 Å². The molecule has 26 heavy (non-hydrogen) atoms. The van der Waals surface area contributed by atoms with Gasteiger partial charge in [0.2, 0.25) is 0 Å². The molecule has 0 radical (unpaired) electrons. The zero-order valence-corrected chi connectivity index (χ0v) is 13.9. The highest BCUT2D eigenvalue weighted by molar-refractivity contribution is 5.95. The molecular formula is C19H14N6O. The van der Waals surface area contributed by atoms with Gasteiger partial charge in [0, 0.05) is 24.2 Å². The fourth-order valence-corrected chi connectivity index (χ4v) is 3.13. The topological polar surface area (TPSA) is 95.7 Å². The largest absolute Gasteiger partial charge is 0.424 e. The standard InChI is InChI=1S/C19H14N6O/c1-25-9-13(8-23-25)18-14-6-11(2-4-15(14)21-10-22-18)12-3-5-17-16(7-12)24-19(20)26-17/h2-10H,1H3,(H2,20,24). The van der Waals surface area contributed by atoms with Gasteiger partial charge in [-0.05, 0) is 35.4 Å². The zero-order chi connectivity index (χ0) is 17.7. The molecule has 3 aromatic heterocycles. The summed E-state index contributed by atoms with van der Waals surface area (Å²) in [4.78, 5) is 13.1. The van der Waals surface area contributed by atoms with Crippen molar-refractivity contribution in [3.05, 3.63) is 55.1 Å². The lowest BCUT2D eigenvalue weighted by Gasteiger charge is -2.06. The number of nitrogens with zero attached hydrogens (tertiary/aromatic N) is 5. The van der Waals surface area contributed by atoms with Gasteiger partial charge in [0.05, 0.1) is 17.4 Å². The van der Waals surface area contributed by atoms with Crippen LogP contribution >= 0.6 is 0 Å². The van der Waals surface area contributed by atoms with E-state index in [0.29, 0.717) is 5.58 Å². The third-order valence-electron chi connectivity index (χ3n) is 4.35.